The third kappa shape index (κ3) is 5.17. The van der Waals surface area contributed by atoms with Crippen molar-refractivity contribution in [1.82, 2.24) is 0 Å². The average Bonchev–Trinajstić information content (AvgIpc) is 2.39. The molecule has 20 heavy (non-hydrogen) atoms. The molecule has 1 heterocycles. The molecule has 6 heteroatoms. The summed E-state index contributed by atoms with van der Waals surface area (Å²) < 4.78 is 46.2. The summed E-state index contributed by atoms with van der Waals surface area (Å²) in [6, 6.07) is 6.36. The molecule has 112 valence electrons. The Kier molecular flexibility index (Phi) is 5.91. The molecule has 1 aromatic carbocycles. The minimum Gasteiger partial charge on any atom is -0.435 e. The summed E-state index contributed by atoms with van der Waals surface area (Å²) in [5.74, 6) is 0.934. The molecule has 1 fully saturated rings. The zero-order valence-corrected chi connectivity index (χ0v) is 11.9. The van der Waals surface area contributed by atoms with Crippen LogP contribution >= 0.6 is 0 Å². The molecule has 2 rings (SSSR count). The van der Waals surface area contributed by atoms with Gasteiger partial charge < -0.3 is 9.47 Å². The summed E-state index contributed by atoms with van der Waals surface area (Å²) in [5, 5.41) is 0. The molecule has 0 radical (unpaired) electrons. The zero-order valence-electron chi connectivity index (χ0n) is 11.1. The predicted octanol–water partition coefficient (Wildman–Crippen LogP) is 3.11. The van der Waals surface area contributed by atoms with Gasteiger partial charge in [0.05, 0.1) is 11.9 Å². The zero-order chi connectivity index (χ0) is 14.4. The van der Waals surface area contributed by atoms with E-state index in [-0.39, 0.29) is 11.9 Å². The Hall–Kier alpha value is -1.01. The Morgan fingerprint density at radius 2 is 2.25 bits per heavy atom. The van der Waals surface area contributed by atoms with Crippen LogP contribution in [0.1, 0.15) is 24.8 Å². The van der Waals surface area contributed by atoms with Crippen LogP contribution in [0.4, 0.5) is 8.78 Å². The lowest BCUT2D eigenvalue weighted by atomic mass is 10.1. The third-order valence-corrected chi connectivity index (χ3v) is 4.50. The minimum absolute atomic E-state index is 0.0603. The lowest BCUT2D eigenvalue weighted by Gasteiger charge is -2.22. The largest absolute Gasteiger partial charge is 0.435 e. The van der Waals surface area contributed by atoms with Crippen LogP contribution in [0.5, 0.6) is 5.75 Å². The molecule has 0 saturated carbocycles. The van der Waals surface area contributed by atoms with E-state index in [0.717, 1.165) is 31.4 Å². The van der Waals surface area contributed by atoms with Gasteiger partial charge in [0, 0.05) is 23.2 Å². The van der Waals surface area contributed by atoms with Gasteiger partial charge in [-0.2, -0.15) is 8.78 Å². The van der Waals surface area contributed by atoms with Gasteiger partial charge in [-0.3, -0.25) is 4.21 Å². The molecular weight excluding hydrogens is 286 g/mol. The third-order valence-electron chi connectivity index (χ3n) is 3.10. The molecule has 0 amide bonds. The average molecular weight is 304 g/mol. The first-order chi connectivity index (χ1) is 9.63. The van der Waals surface area contributed by atoms with E-state index in [2.05, 4.69) is 4.74 Å². The normalized spacial score (nSPS) is 20.9. The van der Waals surface area contributed by atoms with E-state index in [1.54, 1.807) is 12.1 Å². The molecule has 0 aliphatic carbocycles. The van der Waals surface area contributed by atoms with Crippen molar-refractivity contribution in [2.45, 2.75) is 37.7 Å². The van der Waals surface area contributed by atoms with Gasteiger partial charge in [-0.25, -0.2) is 0 Å². The van der Waals surface area contributed by atoms with Crippen molar-refractivity contribution in [3.05, 3.63) is 29.8 Å². The fourth-order valence-electron chi connectivity index (χ4n) is 2.20. The Bertz CT molecular complexity index is 448. The number of rotatable bonds is 6. The Morgan fingerprint density at radius 1 is 1.40 bits per heavy atom. The number of ether oxygens (including phenoxy) is 2. The van der Waals surface area contributed by atoms with Crippen molar-refractivity contribution in [3.63, 3.8) is 0 Å². The second kappa shape index (κ2) is 7.69. The van der Waals surface area contributed by atoms with Crippen LogP contribution in [-0.2, 0) is 21.3 Å². The number of alkyl halides is 2. The van der Waals surface area contributed by atoms with E-state index in [1.165, 1.54) is 12.1 Å². The van der Waals surface area contributed by atoms with Gasteiger partial charge in [-0.1, -0.05) is 12.1 Å². The summed E-state index contributed by atoms with van der Waals surface area (Å²) in [5.41, 5.74) is 0.734. The van der Waals surface area contributed by atoms with Crippen molar-refractivity contribution in [3.8, 4) is 5.75 Å². The van der Waals surface area contributed by atoms with Gasteiger partial charge in [0.1, 0.15) is 5.75 Å². The highest BCUT2D eigenvalue weighted by molar-refractivity contribution is 7.84. The number of hydrogen-bond donors (Lipinski definition) is 0. The van der Waals surface area contributed by atoms with Crippen LogP contribution in [0.15, 0.2) is 24.3 Å². The van der Waals surface area contributed by atoms with Crippen molar-refractivity contribution >= 4 is 10.8 Å². The number of hydrogen-bond acceptors (Lipinski definition) is 3. The highest BCUT2D eigenvalue weighted by Gasteiger charge is 2.17. The van der Waals surface area contributed by atoms with Crippen molar-refractivity contribution in [2.75, 3.05) is 12.4 Å². The van der Waals surface area contributed by atoms with Gasteiger partial charge in [0.25, 0.3) is 0 Å². The molecule has 2 atom stereocenters. The van der Waals surface area contributed by atoms with Crippen LogP contribution in [0.25, 0.3) is 0 Å². The minimum atomic E-state index is -2.84. The monoisotopic (exact) mass is 304 g/mol. The second-order valence-electron chi connectivity index (χ2n) is 4.77. The molecule has 1 saturated heterocycles. The second-order valence-corrected chi connectivity index (χ2v) is 6.27. The Morgan fingerprint density at radius 3 is 2.95 bits per heavy atom. The quantitative estimate of drug-likeness (QED) is 0.810. The highest BCUT2D eigenvalue weighted by atomic mass is 32.2. The standard InChI is InChI=1S/C14H18F2O3S/c15-14(16)19-12-6-3-4-11(8-12)9-20(17)10-13-5-1-2-7-18-13/h3-4,6,8,13-14H,1-2,5,7,9-10H2/t13-,20-/m1/s1. The van der Waals surface area contributed by atoms with Gasteiger partial charge in [0.15, 0.2) is 0 Å². The van der Waals surface area contributed by atoms with Crippen LogP contribution in [-0.4, -0.2) is 29.3 Å². The van der Waals surface area contributed by atoms with Crippen molar-refractivity contribution in [1.29, 1.82) is 0 Å². The maximum atomic E-state index is 12.1. The predicted molar refractivity (Wildman–Crippen MR) is 73.4 cm³/mol. The lowest BCUT2D eigenvalue weighted by molar-refractivity contribution is -0.0498. The molecule has 0 spiro atoms. The number of halogens is 2. The van der Waals surface area contributed by atoms with E-state index in [1.807, 2.05) is 0 Å². The Balaban J connectivity index is 1.86. The summed E-state index contributed by atoms with van der Waals surface area (Å²) in [7, 11) is -1.06. The first-order valence-corrected chi connectivity index (χ1v) is 8.12. The SMILES string of the molecule is O=[S@](Cc1cccc(OC(F)F)c1)C[C@H]1CCCCO1. The molecule has 3 nitrogen and oxygen atoms in total. The van der Waals surface area contributed by atoms with Crippen LogP contribution in [0.3, 0.4) is 0 Å². The van der Waals surface area contributed by atoms with Gasteiger partial charge in [0.2, 0.25) is 0 Å². The fourth-order valence-corrected chi connectivity index (χ4v) is 3.55. The molecular formula is C14H18F2O3S. The molecule has 0 aromatic heterocycles. The van der Waals surface area contributed by atoms with E-state index < -0.39 is 17.4 Å². The first kappa shape index (κ1) is 15.4. The van der Waals surface area contributed by atoms with Crippen LogP contribution < -0.4 is 4.74 Å². The summed E-state index contributed by atoms with van der Waals surface area (Å²) >= 11 is 0. The van der Waals surface area contributed by atoms with Crippen LogP contribution in [0, 0.1) is 0 Å². The van der Waals surface area contributed by atoms with E-state index in [0.29, 0.717) is 11.5 Å². The van der Waals surface area contributed by atoms with Gasteiger partial charge in [-0.15, -0.1) is 0 Å². The maximum Gasteiger partial charge on any atom is 0.387 e. The fraction of sp³-hybridized carbons (Fsp3) is 0.571. The lowest BCUT2D eigenvalue weighted by Crippen LogP contribution is -2.25. The smallest absolute Gasteiger partial charge is 0.387 e. The van der Waals surface area contributed by atoms with Crippen molar-refractivity contribution < 1.29 is 22.5 Å². The van der Waals surface area contributed by atoms with E-state index in [4.69, 9.17) is 4.74 Å². The van der Waals surface area contributed by atoms with Gasteiger partial charge in [-0.05, 0) is 37.0 Å². The molecule has 1 aliphatic heterocycles. The maximum absolute atomic E-state index is 12.1. The molecule has 0 N–H and O–H groups in total. The summed E-state index contributed by atoms with van der Waals surface area (Å²) in [4.78, 5) is 0. The van der Waals surface area contributed by atoms with Crippen LogP contribution in [0.2, 0.25) is 0 Å². The molecule has 1 aliphatic rings. The van der Waals surface area contributed by atoms with E-state index >= 15 is 0 Å². The number of benzene rings is 1. The molecule has 0 unspecified atom stereocenters. The Labute approximate surface area is 119 Å². The molecule has 1 aromatic rings. The topological polar surface area (TPSA) is 35.5 Å². The van der Waals surface area contributed by atoms with Gasteiger partial charge >= 0.3 is 6.61 Å². The molecule has 0 bridgehead atoms. The van der Waals surface area contributed by atoms with E-state index in [9.17, 15) is 13.0 Å². The van der Waals surface area contributed by atoms with Crippen molar-refractivity contribution in [2.24, 2.45) is 0 Å². The summed E-state index contributed by atoms with van der Waals surface area (Å²) in [6.07, 6.45) is 3.18. The first-order valence-electron chi connectivity index (χ1n) is 6.64. The highest BCUT2D eigenvalue weighted by Crippen LogP contribution is 2.18. The summed E-state index contributed by atoms with van der Waals surface area (Å²) in [6.45, 7) is -2.11.